The molecule has 0 aliphatic carbocycles. The lowest BCUT2D eigenvalue weighted by Gasteiger charge is -2.10. The molecule has 0 heterocycles. The van der Waals surface area contributed by atoms with E-state index in [1.54, 1.807) is 0 Å². The van der Waals surface area contributed by atoms with E-state index >= 15 is 0 Å². The lowest BCUT2D eigenvalue weighted by atomic mass is 10.3. The quantitative estimate of drug-likeness (QED) is 0.769. The van der Waals surface area contributed by atoms with Gasteiger partial charge in [-0.05, 0) is 38.2 Å². The van der Waals surface area contributed by atoms with Gasteiger partial charge < -0.3 is 15.4 Å². The fourth-order valence-corrected chi connectivity index (χ4v) is 1.43. The highest BCUT2D eigenvalue weighted by Gasteiger charge is 1.97. The zero-order valence-corrected chi connectivity index (χ0v) is 9.86. The van der Waals surface area contributed by atoms with Gasteiger partial charge in [0.15, 0.2) is 5.11 Å². The molecule has 0 fully saturated rings. The predicted molar refractivity (Wildman–Crippen MR) is 67.5 cm³/mol. The smallest absolute Gasteiger partial charge is 0.170 e. The first-order chi connectivity index (χ1) is 7.26. The van der Waals surface area contributed by atoms with E-state index in [0.29, 0.717) is 11.7 Å². The monoisotopic (exact) mass is 224 g/mol. The van der Waals surface area contributed by atoms with Crippen molar-refractivity contribution in [2.24, 2.45) is 0 Å². The zero-order chi connectivity index (χ0) is 11.1. The third-order valence-electron chi connectivity index (χ3n) is 1.74. The van der Waals surface area contributed by atoms with Crippen LogP contribution in [0, 0.1) is 0 Å². The summed E-state index contributed by atoms with van der Waals surface area (Å²) < 4.78 is 5.38. The van der Waals surface area contributed by atoms with Crippen LogP contribution < -0.4 is 15.4 Å². The van der Waals surface area contributed by atoms with E-state index in [9.17, 15) is 0 Å². The van der Waals surface area contributed by atoms with Crippen molar-refractivity contribution >= 4 is 23.0 Å². The fourth-order valence-electron chi connectivity index (χ4n) is 1.17. The molecule has 0 saturated carbocycles. The number of rotatable bonds is 4. The molecule has 0 unspecified atom stereocenters. The topological polar surface area (TPSA) is 33.3 Å². The first kappa shape index (κ1) is 11.8. The summed E-state index contributed by atoms with van der Waals surface area (Å²) in [5.74, 6) is 0.849. The third kappa shape index (κ3) is 4.16. The normalized spacial score (nSPS) is 9.47. The first-order valence-electron chi connectivity index (χ1n) is 5.04. The van der Waals surface area contributed by atoms with Gasteiger partial charge >= 0.3 is 0 Å². The largest absolute Gasteiger partial charge is 0.494 e. The van der Waals surface area contributed by atoms with E-state index in [2.05, 4.69) is 10.6 Å². The second-order valence-electron chi connectivity index (χ2n) is 2.95. The minimum atomic E-state index is 0.631. The summed E-state index contributed by atoms with van der Waals surface area (Å²) in [4.78, 5) is 0. The summed E-state index contributed by atoms with van der Waals surface area (Å²) in [6.07, 6.45) is 0. The summed E-state index contributed by atoms with van der Waals surface area (Å²) in [7, 11) is 0. The number of nitrogens with one attached hydrogen (secondary N) is 2. The molecule has 1 aromatic carbocycles. The molecule has 1 aromatic rings. The number of thiocarbonyl (C=S) groups is 1. The number of hydrogen-bond donors (Lipinski definition) is 2. The number of ether oxygens (including phenoxy) is 1. The molecule has 1 rings (SSSR count). The van der Waals surface area contributed by atoms with Crippen LogP contribution in [0.1, 0.15) is 13.8 Å². The van der Waals surface area contributed by atoms with Crippen molar-refractivity contribution in [1.29, 1.82) is 0 Å². The van der Waals surface area contributed by atoms with Gasteiger partial charge in [-0.15, -0.1) is 0 Å². The maximum Gasteiger partial charge on any atom is 0.170 e. The van der Waals surface area contributed by atoms with Gasteiger partial charge in [-0.25, -0.2) is 0 Å². The minimum absolute atomic E-state index is 0.631. The maximum absolute atomic E-state index is 5.38. The van der Waals surface area contributed by atoms with Crippen LogP contribution in [0.3, 0.4) is 0 Å². The molecule has 3 nitrogen and oxygen atoms in total. The van der Waals surface area contributed by atoms with Crippen LogP contribution in [0.2, 0.25) is 0 Å². The van der Waals surface area contributed by atoms with Gasteiger partial charge in [-0.1, -0.05) is 6.07 Å². The van der Waals surface area contributed by atoms with Crippen molar-refractivity contribution in [2.45, 2.75) is 13.8 Å². The molecule has 0 bridgehead atoms. The molecule has 0 amide bonds. The SMILES string of the molecule is CCNC(=S)Nc1cccc(OCC)c1. The van der Waals surface area contributed by atoms with Gasteiger partial charge in [0.25, 0.3) is 0 Å². The summed E-state index contributed by atoms with van der Waals surface area (Å²) in [6, 6.07) is 7.73. The van der Waals surface area contributed by atoms with Gasteiger partial charge in [0.05, 0.1) is 6.61 Å². The van der Waals surface area contributed by atoms with E-state index in [-0.39, 0.29) is 0 Å². The lowest BCUT2D eigenvalue weighted by Crippen LogP contribution is -2.27. The van der Waals surface area contributed by atoms with Crippen molar-refractivity contribution in [1.82, 2.24) is 5.32 Å². The lowest BCUT2D eigenvalue weighted by molar-refractivity contribution is 0.340. The van der Waals surface area contributed by atoms with Gasteiger partial charge in [0.2, 0.25) is 0 Å². The number of benzene rings is 1. The second kappa shape index (κ2) is 6.24. The fraction of sp³-hybridized carbons (Fsp3) is 0.364. The third-order valence-corrected chi connectivity index (χ3v) is 1.99. The average Bonchev–Trinajstić information content (AvgIpc) is 2.19. The molecule has 82 valence electrons. The highest BCUT2D eigenvalue weighted by Crippen LogP contribution is 2.16. The standard InChI is InChI=1S/C11H16N2OS/c1-3-12-11(15)13-9-6-5-7-10(8-9)14-4-2/h5-8H,3-4H2,1-2H3,(H2,12,13,15). The summed E-state index contributed by atoms with van der Waals surface area (Å²) in [5.41, 5.74) is 0.937. The Balaban J connectivity index is 2.60. The Kier molecular flexibility index (Phi) is 4.90. The molecule has 2 N–H and O–H groups in total. The maximum atomic E-state index is 5.38. The highest BCUT2D eigenvalue weighted by atomic mass is 32.1. The number of anilines is 1. The van der Waals surface area contributed by atoms with Crippen LogP contribution in [-0.4, -0.2) is 18.3 Å². The van der Waals surface area contributed by atoms with E-state index in [1.807, 2.05) is 38.1 Å². The molecule has 15 heavy (non-hydrogen) atoms. The molecule has 0 aliphatic rings. The Morgan fingerprint density at radius 1 is 1.40 bits per heavy atom. The van der Waals surface area contributed by atoms with E-state index in [4.69, 9.17) is 17.0 Å². The Hall–Kier alpha value is -1.29. The molecule has 0 spiro atoms. The van der Waals surface area contributed by atoms with E-state index in [1.165, 1.54) is 0 Å². The molecule has 4 heteroatoms. The number of hydrogen-bond acceptors (Lipinski definition) is 2. The van der Waals surface area contributed by atoms with Gasteiger partial charge in [0, 0.05) is 18.3 Å². The zero-order valence-electron chi connectivity index (χ0n) is 9.04. The van der Waals surface area contributed by atoms with Gasteiger partial charge in [-0.3, -0.25) is 0 Å². The highest BCUT2D eigenvalue weighted by molar-refractivity contribution is 7.80. The van der Waals surface area contributed by atoms with Crippen molar-refractivity contribution in [3.8, 4) is 5.75 Å². The summed E-state index contributed by atoms with van der Waals surface area (Å²) in [6.45, 7) is 5.45. The van der Waals surface area contributed by atoms with Crippen molar-refractivity contribution in [3.63, 3.8) is 0 Å². The Labute approximate surface area is 95.8 Å². The predicted octanol–water partition coefficient (Wildman–Crippen LogP) is 2.39. The second-order valence-corrected chi connectivity index (χ2v) is 3.35. The van der Waals surface area contributed by atoms with Crippen LogP contribution in [0.25, 0.3) is 0 Å². The van der Waals surface area contributed by atoms with Crippen LogP contribution in [-0.2, 0) is 0 Å². The first-order valence-corrected chi connectivity index (χ1v) is 5.44. The van der Waals surface area contributed by atoms with Crippen LogP contribution in [0.5, 0.6) is 5.75 Å². The van der Waals surface area contributed by atoms with Gasteiger partial charge in [0.1, 0.15) is 5.75 Å². The molecule has 0 radical (unpaired) electrons. The summed E-state index contributed by atoms with van der Waals surface area (Å²) in [5, 5.41) is 6.74. The molecular formula is C11H16N2OS. The molecule has 0 aromatic heterocycles. The van der Waals surface area contributed by atoms with E-state index < -0.39 is 0 Å². The minimum Gasteiger partial charge on any atom is -0.494 e. The van der Waals surface area contributed by atoms with Crippen LogP contribution in [0.15, 0.2) is 24.3 Å². The Bertz CT molecular complexity index is 328. The average molecular weight is 224 g/mol. The molecular weight excluding hydrogens is 208 g/mol. The van der Waals surface area contributed by atoms with Crippen LogP contribution >= 0.6 is 12.2 Å². The van der Waals surface area contributed by atoms with E-state index in [0.717, 1.165) is 18.0 Å². The summed E-state index contributed by atoms with van der Waals surface area (Å²) >= 11 is 5.08. The van der Waals surface area contributed by atoms with Gasteiger partial charge in [-0.2, -0.15) is 0 Å². The van der Waals surface area contributed by atoms with Crippen molar-refractivity contribution in [2.75, 3.05) is 18.5 Å². The molecule has 0 saturated heterocycles. The Morgan fingerprint density at radius 2 is 2.20 bits per heavy atom. The van der Waals surface area contributed by atoms with Crippen molar-refractivity contribution < 1.29 is 4.74 Å². The van der Waals surface area contributed by atoms with Crippen LogP contribution in [0.4, 0.5) is 5.69 Å². The molecule has 0 atom stereocenters. The van der Waals surface area contributed by atoms with Crippen molar-refractivity contribution in [3.05, 3.63) is 24.3 Å². The Morgan fingerprint density at radius 3 is 2.87 bits per heavy atom. The molecule has 0 aliphatic heterocycles.